The van der Waals surface area contributed by atoms with E-state index >= 15 is 0 Å². The Kier molecular flexibility index (Phi) is 21.4. The summed E-state index contributed by atoms with van der Waals surface area (Å²) in [5, 5.41) is 0. The Morgan fingerprint density at radius 3 is 1.05 bits per heavy atom. The summed E-state index contributed by atoms with van der Waals surface area (Å²) in [6, 6.07) is 0. The predicted molar refractivity (Wildman–Crippen MR) is 129 cm³/mol. The average molecular weight is 593 g/mol. The Balaban J connectivity index is 1.84. The molecule has 0 N–H and O–H groups in total. The first-order chi connectivity index (χ1) is 19.4. The summed E-state index contributed by atoms with van der Waals surface area (Å²) in [6.45, 7) is 7.95. The summed E-state index contributed by atoms with van der Waals surface area (Å²) in [7, 11) is 0. The van der Waals surface area contributed by atoms with Crippen molar-refractivity contribution >= 4 is 5.97 Å². The summed E-state index contributed by atoms with van der Waals surface area (Å²) in [6.07, 6.45) is -0.480. The largest absolute Gasteiger partial charge is 0.420 e. The fourth-order valence-electron chi connectivity index (χ4n) is 2.68. The van der Waals surface area contributed by atoms with E-state index in [4.69, 9.17) is 37.9 Å². The van der Waals surface area contributed by atoms with E-state index in [0.29, 0.717) is 79.3 Å². The molecule has 232 valence electrons. The van der Waals surface area contributed by atoms with Gasteiger partial charge in [0.05, 0.1) is 106 Å². The lowest BCUT2D eigenvalue weighted by atomic mass is 10.2. The van der Waals surface area contributed by atoms with E-state index in [2.05, 4.69) is 4.74 Å². The van der Waals surface area contributed by atoms with E-state index in [-0.39, 0.29) is 26.4 Å². The third-order valence-corrected chi connectivity index (χ3v) is 4.64. The second kappa shape index (κ2) is 23.7. The normalized spacial score (nSPS) is 11.3. The highest BCUT2D eigenvalue weighted by atomic mass is 19.2. The van der Waals surface area contributed by atoms with Crippen molar-refractivity contribution in [2.24, 2.45) is 0 Å². The third kappa shape index (κ3) is 16.3. The van der Waals surface area contributed by atoms with Gasteiger partial charge in [0.25, 0.3) is 0 Å². The Morgan fingerprint density at radius 2 is 0.725 bits per heavy atom. The van der Waals surface area contributed by atoms with E-state index in [1.165, 1.54) is 0 Å². The first-order valence-corrected chi connectivity index (χ1v) is 12.7. The molecular weight excluding hydrogens is 555 g/mol. The Bertz CT molecular complexity index is 790. The van der Waals surface area contributed by atoms with Crippen molar-refractivity contribution in [3.8, 4) is 5.75 Å². The molecule has 15 heteroatoms. The highest BCUT2D eigenvalue weighted by molar-refractivity contribution is 5.72. The standard InChI is InChI=1S/C25H37F5O10/c1-2-32-5-6-34-9-10-36-13-14-38-17-18-39-16-15-37-12-11-35-8-7-33-4-3-19(31)40-25-23(29)21(27)20(26)22(28)24(25)30/h2-18H2,1H3. The van der Waals surface area contributed by atoms with Crippen LogP contribution in [0.5, 0.6) is 5.75 Å². The van der Waals surface area contributed by atoms with Crippen LogP contribution in [-0.4, -0.2) is 112 Å². The molecule has 40 heavy (non-hydrogen) atoms. The molecule has 0 saturated heterocycles. The van der Waals surface area contributed by atoms with Crippen molar-refractivity contribution in [3.05, 3.63) is 29.1 Å². The van der Waals surface area contributed by atoms with Crippen LogP contribution in [0, 0.1) is 29.1 Å². The van der Waals surface area contributed by atoms with Crippen molar-refractivity contribution in [2.75, 3.05) is 106 Å². The second-order valence-corrected chi connectivity index (χ2v) is 7.61. The van der Waals surface area contributed by atoms with Gasteiger partial charge in [0, 0.05) is 6.61 Å². The lowest BCUT2D eigenvalue weighted by molar-refractivity contribution is -0.136. The lowest BCUT2D eigenvalue weighted by Gasteiger charge is -2.09. The molecule has 0 spiro atoms. The van der Waals surface area contributed by atoms with Gasteiger partial charge in [-0.2, -0.15) is 8.78 Å². The molecule has 0 heterocycles. The minimum Gasteiger partial charge on any atom is -0.420 e. The quantitative estimate of drug-likeness (QED) is 0.0399. The molecule has 1 aromatic carbocycles. The van der Waals surface area contributed by atoms with Gasteiger partial charge in [0.15, 0.2) is 0 Å². The number of halogens is 5. The summed E-state index contributed by atoms with van der Waals surface area (Å²) in [5.74, 6) is -14.1. The van der Waals surface area contributed by atoms with Gasteiger partial charge in [-0.05, 0) is 6.92 Å². The van der Waals surface area contributed by atoms with Gasteiger partial charge in [-0.3, -0.25) is 4.79 Å². The van der Waals surface area contributed by atoms with Gasteiger partial charge in [-0.1, -0.05) is 0 Å². The number of rotatable bonds is 26. The van der Waals surface area contributed by atoms with Crippen LogP contribution in [0.15, 0.2) is 0 Å². The van der Waals surface area contributed by atoms with Crippen LogP contribution in [0.4, 0.5) is 22.0 Å². The number of hydrogen-bond donors (Lipinski definition) is 0. The lowest BCUT2D eigenvalue weighted by Crippen LogP contribution is -2.16. The highest BCUT2D eigenvalue weighted by Gasteiger charge is 2.28. The topological polar surface area (TPSA) is 100 Å². The fourth-order valence-corrected chi connectivity index (χ4v) is 2.68. The molecule has 0 aliphatic rings. The van der Waals surface area contributed by atoms with E-state index < -0.39 is 47.2 Å². The number of hydrogen-bond acceptors (Lipinski definition) is 10. The SMILES string of the molecule is CCOCCOCCOCCOCCOCCOCCOCCOCCC(=O)Oc1c(F)c(F)c(F)c(F)c1F. The van der Waals surface area contributed by atoms with Crippen LogP contribution in [0.3, 0.4) is 0 Å². The summed E-state index contributed by atoms with van der Waals surface area (Å²) in [5.41, 5.74) is 0. The monoisotopic (exact) mass is 592 g/mol. The van der Waals surface area contributed by atoms with Crippen LogP contribution in [0.2, 0.25) is 0 Å². The van der Waals surface area contributed by atoms with Crippen molar-refractivity contribution in [3.63, 3.8) is 0 Å². The number of benzene rings is 1. The smallest absolute Gasteiger partial charge is 0.313 e. The Labute approximate surface area is 229 Å². The molecule has 0 atom stereocenters. The average Bonchev–Trinajstić information content (AvgIpc) is 2.95. The van der Waals surface area contributed by atoms with Gasteiger partial charge >= 0.3 is 5.97 Å². The number of ether oxygens (including phenoxy) is 9. The first-order valence-electron chi connectivity index (χ1n) is 12.7. The van der Waals surface area contributed by atoms with Gasteiger partial charge in [0.1, 0.15) is 0 Å². The van der Waals surface area contributed by atoms with Gasteiger partial charge in [-0.25, -0.2) is 13.2 Å². The zero-order valence-corrected chi connectivity index (χ0v) is 22.5. The molecular formula is C25H37F5O10. The maximum Gasteiger partial charge on any atom is 0.313 e. The molecule has 0 aromatic heterocycles. The maximum absolute atomic E-state index is 13.5. The third-order valence-electron chi connectivity index (χ3n) is 4.64. The van der Waals surface area contributed by atoms with Gasteiger partial charge in [0.2, 0.25) is 34.8 Å². The Morgan fingerprint density at radius 1 is 0.450 bits per heavy atom. The minimum atomic E-state index is -2.34. The molecule has 0 saturated carbocycles. The summed E-state index contributed by atoms with van der Waals surface area (Å²) < 4.78 is 113. The van der Waals surface area contributed by atoms with Crippen LogP contribution < -0.4 is 4.74 Å². The van der Waals surface area contributed by atoms with Crippen LogP contribution >= 0.6 is 0 Å². The molecule has 0 fully saturated rings. The predicted octanol–water partition coefficient (Wildman–Crippen LogP) is 2.83. The highest BCUT2D eigenvalue weighted by Crippen LogP contribution is 2.29. The van der Waals surface area contributed by atoms with E-state index in [0.717, 1.165) is 0 Å². The zero-order valence-electron chi connectivity index (χ0n) is 22.5. The van der Waals surface area contributed by atoms with Crippen molar-refractivity contribution in [1.82, 2.24) is 0 Å². The van der Waals surface area contributed by atoms with Gasteiger partial charge < -0.3 is 42.6 Å². The van der Waals surface area contributed by atoms with Crippen LogP contribution in [-0.2, 0) is 42.7 Å². The van der Waals surface area contributed by atoms with Crippen molar-refractivity contribution in [1.29, 1.82) is 0 Å². The zero-order chi connectivity index (χ0) is 29.4. The number of carbonyl (C=O) groups excluding carboxylic acids is 1. The summed E-state index contributed by atoms with van der Waals surface area (Å²) >= 11 is 0. The van der Waals surface area contributed by atoms with Gasteiger partial charge in [-0.15, -0.1) is 0 Å². The molecule has 1 aromatic rings. The molecule has 0 radical (unpaired) electrons. The van der Waals surface area contributed by atoms with E-state index in [1.807, 2.05) is 6.92 Å². The molecule has 0 amide bonds. The molecule has 1 rings (SSSR count). The molecule has 10 nitrogen and oxygen atoms in total. The van der Waals surface area contributed by atoms with Crippen molar-refractivity contribution < 1.29 is 69.4 Å². The van der Waals surface area contributed by atoms with E-state index in [1.54, 1.807) is 0 Å². The number of carbonyl (C=O) groups is 1. The molecule has 0 unspecified atom stereocenters. The van der Waals surface area contributed by atoms with Crippen LogP contribution in [0.25, 0.3) is 0 Å². The molecule has 0 bridgehead atoms. The fraction of sp³-hybridized carbons (Fsp3) is 0.720. The van der Waals surface area contributed by atoms with E-state index in [9.17, 15) is 26.7 Å². The van der Waals surface area contributed by atoms with Crippen molar-refractivity contribution in [2.45, 2.75) is 13.3 Å². The molecule has 0 aliphatic carbocycles. The minimum absolute atomic E-state index is 0.0895. The Hall–Kier alpha value is -1.98. The first kappa shape index (κ1) is 36.0. The van der Waals surface area contributed by atoms with Crippen LogP contribution in [0.1, 0.15) is 13.3 Å². The molecule has 0 aliphatic heterocycles. The second-order valence-electron chi connectivity index (χ2n) is 7.61. The number of esters is 1. The summed E-state index contributed by atoms with van der Waals surface area (Å²) in [4.78, 5) is 11.6. The maximum atomic E-state index is 13.5.